The lowest BCUT2D eigenvalue weighted by atomic mass is 10.0. The van der Waals surface area contributed by atoms with Gasteiger partial charge in [0.2, 0.25) is 5.91 Å². The van der Waals surface area contributed by atoms with Crippen molar-refractivity contribution in [3.8, 4) is 0 Å². The second-order valence-corrected chi connectivity index (χ2v) is 6.84. The molecule has 4 N–H and O–H groups in total. The lowest BCUT2D eigenvalue weighted by Gasteiger charge is -2.16. The minimum absolute atomic E-state index is 0.0348. The number of likely N-dealkylation sites (tertiary alicyclic amines) is 1. The Labute approximate surface area is 147 Å². The fraction of sp³-hybridized carbons (Fsp3) is 0.421. The molecule has 0 aliphatic carbocycles. The Kier molecular flexibility index (Phi) is 4.99. The molecular formula is C19H24N4O2. The van der Waals surface area contributed by atoms with Gasteiger partial charge in [-0.15, -0.1) is 0 Å². The van der Waals surface area contributed by atoms with Crippen molar-refractivity contribution in [2.45, 2.75) is 38.6 Å². The summed E-state index contributed by atoms with van der Waals surface area (Å²) in [5.74, 6) is -0.421. The van der Waals surface area contributed by atoms with Gasteiger partial charge in [-0.2, -0.15) is 0 Å². The normalized spacial score (nSPS) is 18.1. The maximum atomic E-state index is 12.6. The molecule has 0 bridgehead atoms. The standard InChI is InChI=1S/C19H24N4O2/c1-12(20)8-16-10-15(18(21)24)9-13-4-5-14(11-17(13)22-16)19(25)23-6-2-3-7-23/h4-5,9,11-12H,2-3,6-8,10,20H2,1H3,(H2,21,24). The summed E-state index contributed by atoms with van der Waals surface area (Å²) in [6.45, 7) is 3.51. The summed E-state index contributed by atoms with van der Waals surface area (Å²) in [6, 6.07) is 5.36. The monoisotopic (exact) mass is 340 g/mol. The van der Waals surface area contributed by atoms with Gasteiger partial charge in [-0.25, -0.2) is 0 Å². The number of nitrogens with zero attached hydrogens (tertiary/aromatic N) is 2. The minimum atomic E-state index is -0.456. The number of nitrogens with two attached hydrogens (primary N) is 2. The van der Waals surface area contributed by atoms with Crippen LogP contribution < -0.4 is 11.5 Å². The summed E-state index contributed by atoms with van der Waals surface area (Å²) in [6.07, 6.45) is 4.84. The van der Waals surface area contributed by atoms with Gasteiger partial charge in [-0.1, -0.05) is 6.07 Å². The molecule has 0 spiro atoms. The van der Waals surface area contributed by atoms with E-state index in [9.17, 15) is 9.59 Å². The highest BCUT2D eigenvalue weighted by molar-refractivity contribution is 6.06. The van der Waals surface area contributed by atoms with E-state index < -0.39 is 5.91 Å². The quantitative estimate of drug-likeness (QED) is 0.876. The van der Waals surface area contributed by atoms with Crippen molar-refractivity contribution >= 4 is 29.3 Å². The summed E-state index contributed by atoms with van der Waals surface area (Å²) in [5, 5.41) is 0. The van der Waals surface area contributed by atoms with E-state index in [2.05, 4.69) is 4.99 Å². The zero-order valence-corrected chi connectivity index (χ0v) is 14.5. The Hall–Kier alpha value is -2.47. The highest BCUT2D eigenvalue weighted by atomic mass is 16.2. The molecule has 3 rings (SSSR count). The summed E-state index contributed by atoms with van der Waals surface area (Å²) < 4.78 is 0. The van der Waals surface area contributed by atoms with E-state index in [4.69, 9.17) is 11.5 Å². The Morgan fingerprint density at radius 2 is 2.00 bits per heavy atom. The molecule has 2 aliphatic heterocycles. The number of carbonyl (C=O) groups is 2. The summed E-state index contributed by atoms with van der Waals surface area (Å²) in [5.41, 5.74) is 14.8. The molecule has 2 amide bonds. The van der Waals surface area contributed by atoms with Crippen LogP contribution in [0.3, 0.4) is 0 Å². The molecule has 6 heteroatoms. The first-order valence-corrected chi connectivity index (χ1v) is 8.70. The van der Waals surface area contributed by atoms with Crippen molar-refractivity contribution in [3.63, 3.8) is 0 Å². The fourth-order valence-corrected chi connectivity index (χ4v) is 3.31. The molecule has 0 saturated carbocycles. The molecule has 1 fully saturated rings. The number of rotatable bonds is 4. The molecule has 1 saturated heterocycles. The molecule has 2 aliphatic rings. The van der Waals surface area contributed by atoms with Gasteiger partial charge < -0.3 is 16.4 Å². The molecule has 0 radical (unpaired) electrons. The second kappa shape index (κ2) is 7.19. The highest BCUT2D eigenvalue weighted by Gasteiger charge is 2.22. The molecule has 25 heavy (non-hydrogen) atoms. The van der Waals surface area contributed by atoms with Gasteiger partial charge in [0.05, 0.1) is 5.69 Å². The predicted octanol–water partition coefficient (Wildman–Crippen LogP) is 2.00. The van der Waals surface area contributed by atoms with Gasteiger partial charge in [0, 0.05) is 54.4 Å². The maximum absolute atomic E-state index is 12.6. The second-order valence-electron chi connectivity index (χ2n) is 6.84. The van der Waals surface area contributed by atoms with Crippen molar-refractivity contribution in [2.24, 2.45) is 16.5 Å². The van der Waals surface area contributed by atoms with Gasteiger partial charge in [0.15, 0.2) is 0 Å². The van der Waals surface area contributed by atoms with Gasteiger partial charge in [-0.05, 0) is 38.0 Å². The molecule has 0 aromatic heterocycles. The summed E-state index contributed by atoms with van der Waals surface area (Å²) in [7, 11) is 0. The number of amides is 2. The first-order valence-electron chi connectivity index (χ1n) is 8.70. The van der Waals surface area contributed by atoms with E-state index in [1.807, 2.05) is 17.9 Å². The third-order valence-corrected chi connectivity index (χ3v) is 4.55. The predicted molar refractivity (Wildman–Crippen MR) is 98.7 cm³/mol. The number of fused-ring (bicyclic) bond motifs is 1. The van der Waals surface area contributed by atoms with Crippen LogP contribution in [0, 0.1) is 0 Å². The lowest BCUT2D eigenvalue weighted by Crippen LogP contribution is -2.27. The Morgan fingerprint density at radius 3 is 2.64 bits per heavy atom. The molecule has 1 aromatic carbocycles. The van der Waals surface area contributed by atoms with Crippen molar-refractivity contribution < 1.29 is 9.59 Å². The third-order valence-electron chi connectivity index (χ3n) is 4.55. The van der Waals surface area contributed by atoms with Crippen LogP contribution >= 0.6 is 0 Å². The van der Waals surface area contributed by atoms with E-state index in [1.54, 1.807) is 18.2 Å². The van der Waals surface area contributed by atoms with Gasteiger partial charge >= 0.3 is 0 Å². The SMILES string of the molecule is CC(N)CC1=Nc2cc(C(=O)N3CCCC3)ccc2C=C(C(N)=O)C1. The molecule has 132 valence electrons. The van der Waals surface area contributed by atoms with Crippen LogP contribution in [0.5, 0.6) is 0 Å². The topological polar surface area (TPSA) is 102 Å². The number of hydrogen-bond donors (Lipinski definition) is 2. The molecule has 1 atom stereocenters. The highest BCUT2D eigenvalue weighted by Crippen LogP contribution is 2.30. The Morgan fingerprint density at radius 1 is 1.28 bits per heavy atom. The third kappa shape index (κ3) is 3.96. The van der Waals surface area contributed by atoms with Crippen molar-refractivity contribution in [1.82, 2.24) is 4.90 Å². The fourth-order valence-electron chi connectivity index (χ4n) is 3.31. The van der Waals surface area contributed by atoms with Crippen LogP contribution in [0.15, 0.2) is 28.8 Å². The smallest absolute Gasteiger partial charge is 0.253 e. The molecule has 1 aromatic rings. The average Bonchev–Trinajstić information content (AvgIpc) is 3.02. The maximum Gasteiger partial charge on any atom is 0.253 e. The van der Waals surface area contributed by atoms with Crippen LogP contribution in [-0.2, 0) is 4.79 Å². The van der Waals surface area contributed by atoms with Gasteiger partial charge in [-0.3, -0.25) is 14.6 Å². The van der Waals surface area contributed by atoms with Crippen LogP contribution in [-0.4, -0.2) is 41.6 Å². The van der Waals surface area contributed by atoms with Crippen LogP contribution in [0.2, 0.25) is 0 Å². The van der Waals surface area contributed by atoms with Crippen molar-refractivity contribution in [2.75, 3.05) is 13.1 Å². The first-order chi connectivity index (χ1) is 11.9. The molecule has 1 unspecified atom stereocenters. The van der Waals surface area contributed by atoms with E-state index in [0.717, 1.165) is 37.2 Å². The zero-order valence-electron chi connectivity index (χ0n) is 14.5. The number of benzene rings is 1. The van der Waals surface area contributed by atoms with Crippen LogP contribution in [0.1, 0.15) is 48.5 Å². The minimum Gasteiger partial charge on any atom is -0.366 e. The Bertz CT molecular complexity index is 759. The van der Waals surface area contributed by atoms with E-state index in [0.29, 0.717) is 29.7 Å². The van der Waals surface area contributed by atoms with E-state index in [-0.39, 0.29) is 11.9 Å². The van der Waals surface area contributed by atoms with Gasteiger partial charge in [0.1, 0.15) is 0 Å². The Balaban J connectivity index is 1.99. The van der Waals surface area contributed by atoms with Crippen molar-refractivity contribution in [3.05, 3.63) is 34.9 Å². The largest absolute Gasteiger partial charge is 0.366 e. The number of carbonyl (C=O) groups excluding carboxylic acids is 2. The zero-order chi connectivity index (χ0) is 18.0. The van der Waals surface area contributed by atoms with Crippen LogP contribution in [0.4, 0.5) is 5.69 Å². The van der Waals surface area contributed by atoms with Gasteiger partial charge in [0.25, 0.3) is 5.91 Å². The molecular weight excluding hydrogens is 316 g/mol. The number of hydrogen-bond acceptors (Lipinski definition) is 4. The number of primary amides is 1. The molecule has 6 nitrogen and oxygen atoms in total. The van der Waals surface area contributed by atoms with Crippen molar-refractivity contribution in [1.29, 1.82) is 0 Å². The van der Waals surface area contributed by atoms with Crippen LogP contribution in [0.25, 0.3) is 6.08 Å². The summed E-state index contributed by atoms with van der Waals surface area (Å²) >= 11 is 0. The van der Waals surface area contributed by atoms with E-state index in [1.165, 1.54) is 0 Å². The lowest BCUT2D eigenvalue weighted by molar-refractivity contribution is -0.114. The molecule has 2 heterocycles. The van der Waals surface area contributed by atoms with E-state index >= 15 is 0 Å². The summed E-state index contributed by atoms with van der Waals surface area (Å²) in [4.78, 5) is 30.9. The number of aliphatic imine (C=N–C) groups is 1. The average molecular weight is 340 g/mol. The first kappa shape index (κ1) is 17.4.